The lowest BCUT2D eigenvalue weighted by molar-refractivity contribution is -0.135. The van der Waals surface area contributed by atoms with Crippen molar-refractivity contribution in [1.29, 1.82) is 0 Å². The number of benzene rings is 1. The number of carbonyl (C=O) groups excluding carboxylic acids is 1. The van der Waals surface area contributed by atoms with Gasteiger partial charge in [0.1, 0.15) is 11.6 Å². The van der Waals surface area contributed by atoms with Crippen LogP contribution in [0.25, 0.3) is 0 Å². The van der Waals surface area contributed by atoms with Crippen molar-refractivity contribution in [2.45, 2.75) is 25.3 Å². The second-order valence-corrected chi connectivity index (χ2v) is 6.40. The van der Waals surface area contributed by atoms with E-state index in [-0.39, 0.29) is 23.7 Å². The third kappa shape index (κ3) is 3.42. The van der Waals surface area contributed by atoms with Crippen LogP contribution in [-0.2, 0) is 4.79 Å². The van der Waals surface area contributed by atoms with Crippen LogP contribution >= 0.6 is 0 Å². The number of rotatable bonds is 3. The van der Waals surface area contributed by atoms with Crippen molar-refractivity contribution in [2.24, 2.45) is 11.7 Å². The SMILES string of the molecule is COc1cc(F)ccc1N1CCN(C(=O)[C@H]2CC[C@H](N)C2)CC1. The molecule has 2 N–H and O–H groups in total. The second-order valence-electron chi connectivity index (χ2n) is 6.40. The predicted molar refractivity (Wildman–Crippen MR) is 87.1 cm³/mol. The highest BCUT2D eigenvalue weighted by molar-refractivity contribution is 5.79. The van der Waals surface area contributed by atoms with E-state index >= 15 is 0 Å². The summed E-state index contributed by atoms with van der Waals surface area (Å²) in [7, 11) is 1.54. The lowest BCUT2D eigenvalue weighted by Gasteiger charge is -2.37. The van der Waals surface area contributed by atoms with Gasteiger partial charge in [0.15, 0.2) is 0 Å². The molecule has 5 nitrogen and oxygen atoms in total. The molecule has 1 aromatic rings. The Morgan fingerprint density at radius 1 is 1.26 bits per heavy atom. The normalized spacial score (nSPS) is 24.8. The van der Waals surface area contributed by atoms with Gasteiger partial charge in [-0.3, -0.25) is 4.79 Å². The van der Waals surface area contributed by atoms with Gasteiger partial charge in [-0.05, 0) is 31.4 Å². The standard InChI is InChI=1S/C17H24FN3O2/c1-23-16-11-13(18)3-5-15(16)20-6-8-21(9-7-20)17(22)12-2-4-14(19)10-12/h3,5,11-12,14H,2,4,6-10,19H2,1H3/t12-,14-/m0/s1. The van der Waals surface area contributed by atoms with Crippen LogP contribution in [-0.4, -0.2) is 50.1 Å². The van der Waals surface area contributed by atoms with Crippen LogP contribution in [0, 0.1) is 11.7 Å². The second kappa shape index (κ2) is 6.74. The monoisotopic (exact) mass is 321 g/mol. The third-order valence-corrected chi connectivity index (χ3v) is 4.90. The number of nitrogens with zero attached hydrogens (tertiary/aromatic N) is 2. The van der Waals surface area contributed by atoms with Gasteiger partial charge in [-0.15, -0.1) is 0 Å². The molecule has 2 atom stereocenters. The van der Waals surface area contributed by atoms with Gasteiger partial charge in [0.25, 0.3) is 0 Å². The van der Waals surface area contributed by atoms with Crippen molar-refractivity contribution >= 4 is 11.6 Å². The Bertz CT molecular complexity index is 573. The Morgan fingerprint density at radius 2 is 2.00 bits per heavy atom. The first kappa shape index (κ1) is 16.1. The maximum atomic E-state index is 13.3. The summed E-state index contributed by atoms with van der Waals surface area (Å²) < 4.78 is 18.6. The van der Waals surface area contributed by atoms with E-state index in [0.717, 1.165) is 38.0 Å². The molecule has 2 fully saturated rings. The van der Waals surface area contributed by atoms with Crippen molar-refractivity contribution in [2.75, 3.05) is 38.2 Å². The number of nitrogens with two attached hydrogens (primary N) is 1. The molecule has 0 radical (unpaired) electrons. The number of amides is 1. The molecule has 1 saturated heterocycles. The minimum atomic E-state index is -0.308. The molecule has 1 aliphatic heterocycles. The average molecular weight is 321 g/mol. The lowest BCUT2D eigenvalue weighted by atomic mass is 10.1. The fraction of sp³-hybridized carbons (Fsp3) is 0.588. The van der Waals surface area contributed by atoms with Crippen LogP contribution in [0.5, 0.6) is 5.75 Å². The Balaban J connectivity index is 1.61. The van der Waals surface area contributed by atoms with Gasteiger partial charge in [-0.1, -0.05) is 0 Å². The van der Waals surface area contributed by atoms with Crippen LogP contribution in [0.4, 0.5) is 10.1 Å². The number of halogens is 1. The molecule has 1 amide bonds. The van der Waals surface area contributed by atoms with Gasteiger partial charge < -0.3 is 20.3 Å². The molecule has 0 aromatic heterocycles. The summed E-state index contributed by atoms with van der Waals surface area (Å²) in [6.45, 7) is 2.83. The molecular weight excluding hydrogens is 297 g/mol. The molecule has 2 aliphatic rings. The average Bonchev–Trinajstić information content (AvgIpc) is 3.00. The molecule has 6 heteroatoms. The van der Waals surface area contributed by atoms with Crippen LogP contribution < -0.4 is 15.4 Å². The zero-order valence-corrected chi connectivity index (χ0v) is 13.5. The summed E-state index contributed by atoms with van der Waals surface area (Å²) >= 11 is 0. The van der Waals surface area contributed by atoms with Gasteiger partial charge in [-0.25, -0.2) is 4.39 Å². The Labute approximate surface area is 136 Å². The minimum absolute atomic E-state index is 0.0944. The molecule has 1 heterocycles. The number of ether oxygens (including phenoxy) is 1. The summed E-state index contributed by atoms with van der Waals surface area (Å²) in [5, 5.41) is 0. The molecular formula is C17H24FN3O2. The number of anilines is 1. The van der Waals surface area contributed by atoms with Crippen LogP contribution in [0.2, 0.25) is 0 Å². The first-order chi connectivity index (χ1) is 11.1. The summed E-state index contributed by atoms with van der Waals surface area (Å²) in [6, 6.07) is 4.75. The number of hydrogen-bond acceptors (Lipinski definition) is 4. The van der Waals surface area contributed by atoms with Crippen molar-refractivity contribution in [3.05, 3.63) is 24.0 Å². The maximum Gasteiger partial charge on any atom is 0.225 e. The highest BCUT2D eigenvalue weighted by atomic mass is 19.1. The summed E-state index contributed by atoms with van der Waals surface area (Å²) in [5.41, 5.74) is 6.79. The third-order valence-electron chi connectivity index (χ3n) is 4.90. The number of hydrogen-bond donors (Lipinski definition) is 1. The fourth-order valence-electron chi connectivity index (χ4n) is 3.58. The lowest BCUT2D eigenvalue weighted by Crippen LogP contribution is -2.50. The summed E-state index contributed by atoms with van der Waals surface area (Å²) in [5.74, 6) is 0.559. The summed E-state index contributed by atoms with van der Waals surface area (Å²) in [4.78, 5) is 16.6. The summed E-state index contributed by atoms with van der Waals surface area (Å²) in [6.07, 6.45) is 2.67. The molecule has 1 saturated carbocycles. The van der Waals surface area contributed by atoms with Gasteiger partial charge in [0, 0.05) is 44.2 Å². The highest BCUT2D eigenvalue weighted by Gasteiger charge is 2.32. The number of piperazine rings is 1. The van der Waals surface area contributed by atoms with E-state index in [1.165, 1.54) is 12.1 Å². The fourth-order valence-corrected chi connectivity index (χ4v) is 3.58. The van der Waals surface area contributed by atoms with E-state index in [2.05, 4.69) is 4.90 Å². The van der Waals surface area contributed by atoms with Crippen molar-refractivity contribution < 1.29 is 13.9 Å². The van der Waals surface area contributed by atoms with Gasteiger partial charge in [0.2, 0.25) is 5.91 Å². The Kier molecular flexibility index (Phi) is 4.71. The van der Waals surface area contributed by atoms with E-state index in [1.54, 1.807) is 13.2 Å². The van der Waals surface area contributed by atoms with E-state index in [1.807, 2.05) is 4.90 Å². The Morgan fingerprint density at radius 3 is 2.61 bits per heavy atom. The Hall–Kier alpha value is -1.82. The molecule has 3 rings (SSSR count). The van der Waals surface area contributed by atoms with Crippen LogP contribution in [0.3, 0.4) is 0 Å². The molecule has 1 aromatic carbocycles. The number of methoxy groups -OCH3 is 1. The van der Waals surface area contributed by atoms with Crippen LogP contribution in [0.15, 0.2) is 18.2 Å². The number of carbonyl (C=O) groups is 1. The van der Waals surface area contributed by atoms with Gasteiger partial charge >= 0.3 is 0 Å². The first-order valence-electron chi connectivity index (χ1n) is 8.21. The molecule has 1 aliphatic carbocycles. The molecule has 0 spiro atoms. The molecule has 126 valence electrons. The largest absolute Gasteiger partial charge is 0.494 e. The van der Waals surface area contributed by atoms with E-state index < -0.39 is 0 Å². The van der Waals surface area contributed by atoms with Gasteiger partial charge in [0.05, 0.1) is 12.8 Å². The minimum Gasteiger partial charge on any atom is -0.494 e. The van der Waals surface area contributed by atoms with Crippen molar-refractivity contribution in [3.8, 4) is 5.75 Å². The van der Waals surface area contributed by atoms with E-state index in [9.17, 15) is 9.18 Å². The first-order valence-corrected chi connectivity index (χ1v) is 8.21. The van der Waals surface area contributed by atoms with Gasteiger partial charge in [-0.2, -0.15) is 0 Å². The quantitative estimate of drug-likeness (QED) is 0.919. The van der Waals surface area contributed by atoms with Crippen LogP contribution in [0.1, 0.15) is 19.3 Å². The smallest absolute Gasteiger partial charge is 0.225 e. The van der Waals surface area contributed by atoms with Crippen molar-refractivity contribution in [1.82, 2.24) is 4.90 Å². The zero-order chi connectivity index (χ0) is 16.4. The van der Waals surface area contributed by atoms with Crippen molar-refractivity contribution in [3.63, 3.8) is 0 Å². The molecule has 23 heavy (non-hydrogen) atoms. The topological polar surface area (TPSA) is 58.8 Å². The molecule has 0 unspecified atom stereocenters. The van der Waals surface area contributed by atoms with E-state index in [4.69, 9.17) is 10.5 Å². The molecule has 0 bridgehead atoms. The predicted octanol–water partition coefficient (Wildman–Crippen LogP) is 1.61. The maximum absolute atomic E-state index is 13.3. The van der Waals surface area contributed by atoms with E-state index in [0.29, 0.717) is 18.8 Å². The highest BCUT2D eigenvalue weighted by Crippen LogP contribution is 2.31. The zero-order valence-electron chi connectivity index (χ0n) is 13.5.